The number of rotatable bonds is 5. The van der Waals surface area contributed by atoms with Gasteiger partial charge in [0, 0.05) is 9.75 Å². The van der Waals surface area contributed by atoms with Crippen LogP contribution in [0.4, 0.5) is 13.6 Å². The number of aliphatic hydroxyl groups is 1. The quantitative estimate of drug-likeness (QED) is 0.782. The summed E-state index contributed by atoms with van der Waals surface area (Å²) in [5.74, 6) is -2.02. The fourth-order valence-corrected chi connectivity index (χ4v) is 2.90. The molecule has 3 N–H and O–H groups in total. The Labute approximate surface area is 137 Å². The summed E-state index contributed by atoms with van der Waals surface area (Å²) >= 11 is 1.59. The van der Waals surface area contributed by atoms with Gasteiger partial charge in [-0.2, -0.15) is 0 Å². The molecule has 7 heteroatoms. The lowest BCUT2D eigenvalue weighted by molar-refractivity contribution is 0.137. The standard InChI is InChI=1S/C16H18F2N2O2S/c1-9-3-5-12(23-9)8-19-16(22)20-10(2)15(21)11-4-6-13(17)14(18)7-11/h3-7,10,15,21H,8H2,1-2H3,(H2,19,20,22). The molecular weight excluding hydrogens is 322 g/mol. The average molecular weight is 340 g/mol. The molecule has 0 fully saturated rings. The topological polar surface area (TPSA) is 61.4 Å². The maximum atomic E-state index is 13.2. The van der Waals surface area contributed by atoms with Gasteiger partial charge >= 0.3 is 6.03 Å². The van der Waals surface area contributed by atoms with Crippen LogP contribution in [0.25, 0.3) is 0 Å². The fraction of sp³-hybridized carbons (Fsp3) is 0.312. The Hall–Kier alpha value is -1.99. The molecule has 1 aromatic heterocycles. The number of benzene rings is 1. The Morgan fingerprint density at radius 1 is 1.26 bits per heavy atom. The van der Waals surface area contributed by atoms with E-state index in [9.17, 15) is 18.7 Å². The van der Waals surface area contributed by atoms with E-state index in [0.717, 1.165) is 21.9 Å². The lowest BCUT2D eigenvalue weighted by Crippen LogP contribution is -2.43. The van der Waals surface area contributed by atoms with Crippen molar-refractivity contribution >= 4 is 17.4 Å². The second-order valence-electron chi connectivity index (χ2n) is 5.25. The predicted octanol–water partition coefficient (Wildman–Crippen LogP) is 3.26. The first-order valence-corrected chi connectivity index (χ1v) is 7.91. The molecule has 124 valence electrons. The van der Waals surface area contributed by atoms with Crippen LogP contribution in [0.5, 0.6) is 0 Å². The summed E-state index contributed by atoms with van der Waals surface area (Å²) in [6.07, 6.45) is -1.14. The van der Waals surface area contributed by atoms with Gasteiger partial charge in [0.05, 0.1) is 18.7 Å². The molecule has 4 nitrogen and oxygen atoms in total. The van der Waals surface area contributed by atoms with Crippen LogP contribution in [-0.2, 0) is 6.54 Å². The summed E-state index contributed by atoms with van der Waals surface area (Å²) in [4.78, 5) is 14.0. The summed E-state index contributed by atoms with van der Waals surface area (Å²) in [6.45, 7) is 3.95. The number of hydrogen-bond acceptors (Lipinski definition) is 3. The monoisotopic (exact) mass is 340 g/mol. The third-order valence-electron chi connectivity index (χ3n) is 3.34. The average Bonchev–Trinajstić information content (AvgIpc) is 2.93. The number of hydrogen-bond donors (Lipinski definition) is 3. The van der Waals surface area contributed by atoms with Crippen LogP contribution in [0.2, 0.25) is 0 Å². The number of thiophene rings is 1. The lowest BCUT2D eigenvalue weighted by Gasteiger charge is -2.21. The zero-order chi connectivity index (χ0) is 17.0. The van der Waals surface area contributed by atoms with E-state index in [4.69, 9.17) is 0 Å². The van der Waals surface area contributed by atoms with Gasteiger partial charge in [0.25, 0.3) is 0 Å². The van der Waals surface area contributed by atoms with Crippen LogP contribution in [0.3, 0.4) is 0 Å². The van der Waals surface area contributed by atoms with Crippen molar-refractivity contribution < 1.29 is 18.7 Å². The zero-order valence-electron chi connectivity index (χ0n) is 12.8. The molecule has 0 bridgehead atoms. The van der Waals surface area contributed by atoms with Gasteiger partial charge in [-0.15, -0.1) is 11.3 Å². The Morgan fingerprint density at radius 3 is 2.61 bits per heavy atom. The van der Waals surface area contributed by atoms with E-state index in [-0.39, 0.29) is 5.56 Å². The van der Waals surface area contributed by atoms with E-state index in [2.05, 4.69) is 10.6 Å². The Kier molecular flexibility index (Phi) is 5.68. The molecule has 0 aliphatic heterocycles. The van der Waals surface area contributed by atoms with Crippen molar-refractivity contribution in [2.75, 3.05) is 0 Å². The second kappa shape index (κ2) is 7.52. The number of aryl methyl sites for hydroxylation is 1. The highest BCUT2D eigenvalue weighted by molar-refractivity contribution is 7.11. The van der Waals surface area contributed by atoms with Gasteiger partial charge in [-0.05, 0) is 43.7 Å². The summed E-state index contributed by atoms with van der Waals surface area (Å²) in [5, 5.41) is 15.4. The minimum Gasteiger partial charge on any atom is -0.386 e. The van der Waals surface area contributed by atoms with Crippen molar-refractivity contribution in [1.29, 1.82) is 0 Å². The first kappa shape index (κ1) is 17.4. The molecule has 0 aliphatic rings. The van der Waals surface area contributed by atoms with Crippen LogP contribution in [-0.4, -0.2) is 17.2 Å². The van der Waals surface area contributed by atoms with E-state index in [1.807, 2.05) is 19.1 Å². The number of carbonyl (C=O) groups is 1. The van der Waals surface area contributed by atoms with Crippen molar-refractivity contribution in [3.8, 4) is 0 Å². The molecule has 2 rings (SSSR count). The third kappa shape index (κ3) is 4.74. The van der Waals surface area contributed by atoms with Crippen molar-refractivity contribution in [1.82, 2.24) is 10.6 Å². The molecule has 0 saturated heterocycles. The molecule has 0 saturated carbocycles. The lowest BCUT2D eigenvalue weighted by atomic mass is 10.0. The van der Waals surface area contributed by atoms with Gasteiger partial charge in [0.15, 0.2) is 11.6 Å². The van der Waals surface area contributed by atoms with Gasteiger partial charge < -0.3 is 15.7 Å². The number of carbonyl (C=O) groups excluding carboxylic acids is 1. The van der Waals surface area contributed by atoms with Crippen LogP contribution < -0.4 is 10.6 Å². The van der Waals surface area contributed by atoms with Gasteiger partial charge in [0.2, 0.25) is 0 Å². The highest BCUT2D eigenvalue weighted by Crippen LogP contribution is 2.19. The molecule has 2 aromatic rings. The van der Waals surface area contributed by atoms with Gasteiger partial charge in [0.1, 0.15) is 0 Å². The van der Waals surface area contributed by atoms with E-state index in [1.54, 1.807) is 18.3 Å². The minimum atomic E-state index is -1.14. The molecule has 2 amide bonds. The molecule has 1 heterocycles. The maximum absolute atomic E-state index is 13.2. The van der Waals surface area contributed by atoms with Crippen molar-refractivity contribution in [2.24, 2.45) is 0 Å². The number of aliphatic hydroxyl groups excluding tert-OH is 1. The highest BCUT2D eigenvalue weighted by Gasteiger charge is 2.19. The van der Waals surface area contributed by atoms with Crippen molar-refractivity contribution in [2.45, 2.75) is 32.5 Å². The Bertz CT molecular complexity index is 690. The van der Waals surface area contributed by atoms with Crippen molar-refractivity contribution in [3.05, 3.63) is 57.3 Å². The van der Waals surface area contributed by atoms with Crippen LogP contribution in [0, 0.1) is 18.6 Å². The van der Waals surface area contributed by atoms with Gasteiger partial charge in [-0.25, -0.2) is 13.6 Å². The normalized spacial score (nSPS) is 13.4. The summed E-state index contributed by atoms with van der Waals surface area (Å²) in [6, 6.07) is 5.95. The summed E-state index contributed by atoms with van der Waals surface area (Å²) in [7, 11) is 0. The van der Waals surface area contributed by atoms with E-state index >= 15 is 0 Å². The van der Waals surface area contributed by atoms with E-state index < -0.39 is 29.8 Å². The van der Waals surface area contributed by atoms with Gasteiger partial charge in [-0.3, -0.25) is 0 Å². The van der Waals surface area contributed by atoms with Crippen LogP contribution >= 0.6 is 11.3 Å². The molecular formula is C16H18F2N2O2S. The second-order valence-corrected chi connectivity index (χ2v) is 6.62. The molecule has 2 unspecified atom stereocenters. The molecule has 2 atom stereocenters. The molecule has 0 spiro atoms. The number of nitrogens with one attached hydrogen (secondary N) is 2. The van der Waals surface area contributed by atoms with Crippen LogP contribution in [0.1, 0.15) is 28.3 Å². The summed E-state index contributed by atoms with van der Waals surface area (Å²) < 4.78 is 26.1. The molecule has 0 radical (unpaired) electrons. The minimum absolute atomic E-state index is 0.200. The third-order valence-corrected chi connectivity index (χ3v) is 4.34. The van der Waals surface area contributed by atoms with E-state index in [1.165, 1.54) is 6.07 Å². The predicted molar refractivity (Wildman–Crippen MR) is 85.2 cm³/mol. The smallest absolute Gasteiger partial charge is 0.315 e. The fourth-order valence-electron chi connectivity index (χ4n) is 2.07. The Morgan fingerprint density at radius 2 is 2.00 bits per heavy atom. The first-order chi connectivity index (χ1) is 10.9. The SMILES string of the molecule is Cc1ccc(CNC(=O)NC(C)C(O)c2ccc(F)c(F)c2)s1. The number of urea groups is 1. The molecule has 0 aliphatic carbocycles. The highest BCUT2D eigenvalue weighted by atomic mass is 32.1. The number of amides is 2. The molecule has 1 aromatic carbocycles. The largest absolute Gasteiger partial charge is 0.386 e. The van der Waals surface area contributed by atoms with Gasteiger partial charge in [-0.1, -0.05) is 6.07 Å². The number of halogens is 2. The Balaban J connectivity index is 1.88. The zero-order valence-corrected chi connectivity index (χ0v) is 13.6. The first-order valence-electron chi connectivity index (χ1n) is 7.09. The summed E-state index contributed by atoms with van der Waals surface area (Å²) in [5.41, 5.74) is 0.200. The van der Waals surface area contributed by atoms with Crippen LogP contribution in [0.15, 0.2) is 30.3 Å². The van der Waals surface area contributed by atoms with E-state index in [0.29, 0.717) is 6.54 Å². The molecule has 23 heavy (non-hydrogen) atoms. The maximum Gasteiger partial charge on any atom is 0.315 e. The van der Waals surface area contributed by atoms with Crippen molar-refractivity contribution in [3.63, 3.8) is 0 Å².